The van der Waals surface area contributed by atoms with Crippen LogP contribution in [-0.4, -0.2) is 73.6 Å². The van der Waals surface area contributed by atoms with E-state index < -0.39 is 5.54 Å². The van der Waals surface area contributed by atoms with Crippen LogP contribution < -0.4 is 15.1 Å². The molecule has 8 nitrogen and oxygen atoms in total. The smallest absolute Gasteiger partial charge is 0.254 e. The van der Waals surface area contributed by atoms with E-state index in [9.17, 15) is 4.79 Å². The quantitative estimate of drug-likeness (QED) is 0.823. The minimum absolute atomic E-state index is 0.00725. The maximum atomic E-state index is 12.4. The van der Waals surface area contributed by atoms with E-state index in [1.54, 1.807) is 12.4 Å². The Hall–Kier alpha value is -2.38. The number of hydrogen-bond donors (Lipinski definition) is 1. The summed E-state index contributed by atoms with van der Waals surface area (Å²) < 4.78 is 0. The van der Waals surface area contributed by atoms with Crippen molar-refractivity contribution in [2.24, 2.45) is 4.99 Å². The summed E-state index contributed by atoms with van der Waals surface area (Å²) in [4.78, 5) is 31.9. The Bertz CT molecular complexity index is 632. The average Bonchev–Trinajstić information content (AvgIpc) is 2.85. The highest BCUT2D eigenvalue weighted by molar-refractivity contribution is 6.07. The van der Waals surface area contributed by atoms with Crippen LogP contribution >= 0.6 is 0 Å². The molecule has 124 valence electrons. The molecule has 2 aliphatic rings. The number of aromatic nitrogens is 2. The summed E-state index contributed by atoms with van der Waals surface area (Å²) in [6.45, 7) is 1.47. The molecule has 0 aliphatic carbocycles. The molecule has 1 fully saturated rings. The molecule has 2 aliphatic heterocycles. The Kier molecular flexibility index (Phi) is 3.83. The van der Waals surface area contributed by atoms with Gasteiger partial charge in [-0.15, -0.1) is 0 Å². The van der Waals surface area contributed by atoms with Crippen molar-refractivity contribution in [2.75, 3.05) is 51.1 Å². The molecule has 0 atom stereocenters. The van der Waals surface area contributed by atoms with Crippen molar-refractivity contribution < 1.29 is 4.79 Å². The first kappa shape index (κ1) is 15.5. The van der Waals surface area contributed by atoms with Gasteiger partial charge < -0.3 is 14.7 Å². The summed E-state index contributed by atoms with van der Waals surface area (Å²) in [6, 6.07) is 0. The lowest BCUT2D eigenvalue weighted by atomic mass is 9.88. The molecule has 23 heavy (non-hydrogen) atoms. The molecule has 1 N–H and O–H groups in total. The number of nitrogens with zero attached hydrogens (tertiary/aromatic N) is 6. The highest BCUT2D eigenvalue weighted by Gasteiger charge is 2.46. The third-order valence-corrected chi connectivity index (χ3v) is 4.37. The van der Waals surface area contributed by atoms with E-state index in [-0.39, 0.29) is 5.91 Å². The van der Waals surface area contributed by atoms with Crippen LogP contribution in [0, 0.1) is 0 Å². The van der Waals surface area contributed by atoms with Crippen LogP contribution in [0.5, 0.6) is 0 Å². The van der Waals surface area contributed by atoms with Gasteiger partial charge in [0.1, 0.15) is 5.54 Å². The van der Waals surface area contributed by atoms with Crippen LogP contribution in [0.1, 0.15) is 12.8 Å². The summed E-state index contributed by atoms with van der Waals surface area (Å²) in [7, 11) is 7.68. The topological polar surface area (TPSA) is 77.0 Å². The van der Waals surface area contributed by atoms with Crippen molar-refractivity contribution in [1.82, 2.24) is 20.2 Å². The molecular weight excluding hydrogens is 294 g/mol. The van der Waals surface area contributed by atoms with E-state index in [0.717, 1.165) is 24.7 Å². The highest BCUT2D eigenvalue weighted by Crippen LogP contribution is 2.33. The van der Waals surface area contributed by atoms with Crippen LogP contribution in [-0.2, 0) is 4.79 Å². The van der Waals surface area contributed by atoms with Crippen molar-refractivity contribution in [3.8, 4) is 0 Å². The van der Waals surface area contributed by atoms with E-state index in [2.05, 4.69) is 25.2 Å². The van der Waals surface area contributed by atoms with Gasteiger partial charge in [-0.2, -0.15) is 0 Å². The zero-order chi connectivity index (χ0) is 16.6. The molecule has 1 aromatic heterocycles. The Balaban J connectivity index is 1.78. The second-order valence-corrected chi connectivity index (χ2v) is 6.40. The number of nitrogens with one attached hydrogen (secondary N) is 1. The van der Waals surface area contributed by atoms with Gasteiger partial charge in [-0.25, -0.2) is 15.0 Å². The Labute approximate surface area is 136 Å². The molecule has 1 aromatic rings. The number of rotatable bonds is 2. The summed E-state index contributed by atoms with van der Waals surface area (Å²) in [6.07, 6.45) is 4.76. The fraction of sp³-hybridized carbons (Fsp3) is 0.600. The monoisotopic (exact) mass is 317 g/mol. The van der Waals surface area contributed by atoms with Gasteiger partial charge in [-0.3, -0.25) is 10.1 Å². The van der Waals surface area contributed by atoms with Crippen molar-refractivity contribution in [1.29, 1.82) is 0 Å². The number of aliphatic imine (C=N–C) groups is 1. The molecule has 1 saturated heterocycles. The first-order valence-corrected chi connectivity index (χ1v) is 7.75. The summed E-state index contributed by atoms with van der Waals surface area (Å²) >= 11 is 0. The number of carbonyl (C=O) groups excluding carboxylic acids is 1. The van der Waals surface area contributed by atoms with E-state index in [0.29, 0.717) is 18.8 Å². The van der Waals surface area contributed by atoms with E-state index >= 15 is 0 Å². The highest BCUT2D eigenvalue weighted by atomic mass is 16.2. The van der Waals surface area contributed by atoms with Crippen molar-refractivity contribution in [2.45, 2.75) is 18.4 Å². The standard InChI is InChI=1S/C15H23N7O/c1-20(2)11-12(17-8-7-16-11)22-9-5-15(6-10-22)13(23)18-14(19-15)21(3)4/h7-8H,5-6,9-10H2,1-4H3,(H,18,19,23). The number of piperidine rings is 1. The number of hydrogen-bond acceptors (Lipinski definition) is 7. The SMILES string of the molecule is CN(C)C1=NC2(CCN(c3nccnc3N(C)C)CC2)C(=O)N1. The first-order valence-electron chi connectivity index (χ1n) is 7.75. The second kappa shape index (κ2) is 5.68. The van der Waals surface area contributed by atoms with Gasteiger partial charge in [-0.05, 0) is 12.8 Å². The predicted molar refractivity (Wildman–Crippen MR) is 89.8 cm³/mol. The third kappa shape index (κ3) is 2.69. The predicted octanol–water partition coefficient (Wildman–Crippen LogP) is -0.0710. The number of anilines is 2. The zero-order valence-electron chi connectivity index (χ0n) is 14.1. The minimum atomic E-state index is -0.628. The van der Waals surface area contributed by atoms with Gasteiger partial charge in [0, 0.05) is 53.7 Å². The van der Waals surface area contributed by atoms with Gasteiger partial charge in [0.2, 0.25) is 5.96 Å². The lowest BCUT2D eigenvalue weighted by Gasteiger charge is -2.36. The second-order valence-electron chi connectivity index (χ2n) is 6.40. The normalized spacial score (nSPS) is 19.6. The molecule has 3 rings (SSSR count). The molecule has 0 unspecified atom stereocenters. The Morgan fingerprint density at radius 3 is 2.30 bits per heavy atom. The van der Waals surface area contributed by atoms with Gasteiger partial charge in [0.15, 0.2) is 11.6 Å². The largest absolute Gasteiger partial charge is 0.360 e. The molecular formula is C15H23N7O. The summed E-state index contributed by atoms with van der Waals surface area (Å²) in [5, 5.41) is 2.88. The molecule has 3 heterocycles. The lowest BCUT2D eigenvalue weighted by Crippen LogP contribution is -2.49. The van der Waals surface area contributed by atoms with E-state index in [1.165, 1.54) is 0 Å². The summed E-state index contributed by atoms with van der Waals surface area (Å²) in [5.41, 5.74) is -0.628. The van der Waals surface area contributed by atoms with Gasteiger partial charge in [0.25, 0.3) is 5.91 Å². The van der Waals surface area contributed by atoms with Crippen molar-refractivity contribution in [3.63, 3.8) is 0 Å². The van der Waals surface area contributed by atoms with Crippen LogP contribution in [0.15, 0.2) is 17.4 Å². The lowest BCUT2D eigenvalue weighted by molar-refractivity contribution is -0.124. The number of guanidine groups is 1. The molecule has 0 aromatic carbocycles. The molecule has 1 amide bonds. The third-order valence-electron chi connectivity index (χ3n) is 4.37. The van der Waals surface area contributed by atoms with Crippen LogP contribution in [0.2, 0.25) is 0 Å². The van der Waals surface area contributed by atoms with Crippen LogP contribution in [0.4, 0.5) is 11.6 Å². The molecule has 1 spiro atoms. The maximum Gasteiger partial charge on any atom is 0.254 e. The maximum absolute atomic E-state index is 12.4. The first-order chi connectivity index (χ1) is 10.9. The number of carbonyl (C=O) groups is 1. The van der Waals surface area contributed by atoms with Gasteiger partial charge in [-0.1, -0.05) is 0 Å². The van der Waals surface area contributed by atoms with Crippen LogP contribution in [0.25, 0.3) is 0 Å². The fourth-order valence-electron chi connectivity index (χ4n) is 3.00. The minimum Gasteiger partial charge on any atom is -0.360 e. The van der Waals surface area contributed by atoms with Crippen molar-refractivity contribution >= 4 is 23.5 Å². The summed E-state index contributed by atoms with van der Waals surface area (Å²) in [5.74, 6) is 2.36. The Morgan fingerprint density at radius 1 is 1.09 bits per heavy atom. The van der Waals surface area contributed by atoms with E-state index in [4.69, 9.17) is 0 Å². The Morgan fingerprint density at radius 2 is 1.74 bits per heavy atom. The molecule has 0 bridgehead atoms. The number of amides is 1. The molecule has 8 heteroatoms. The van der Waals surface area contributed by atoms with Crippen molar-refractivity contribution in [3.05, 3.63) is 12.4 Å². The average molecular weight is 317 g/mol. The van der Waals surface area contributed by atoms with Gasteiger partial charge in [0.05, 0.1) is 0 Å². The fourth-order valence-corrected chi connectivity index (χ4v) is 3.00. The molecule has 0 saturated carbocycles. The zero-order valence-corrected chi connectivity index (χ0v) is 14.1. The molecule has 0 radical (unpaired) electrons. The van der Waals surface area contributed by atoms with Crippen LogP contribution in [0.3, 0.4) is 0 Å². The van der Waals surface area contributed by atoms with Gasteiger partial charge >= 0.3 is 0 Å². The van der Waals surface area contributed by atoms with E-state index in [1.807, 2.05) is 38.0 Å².